The topological polar surface area (TPSA) is 82.2 Å². The van der Waals surface area contributed by atoms with E-state index >= 15 is 0 Å². The molecule has 4 rings (SSSR count). The Bertz CT molecular complexity index is 1080. The number of para-hydroxylation sites is 2. The van der Waals surface area contributed by atoms with Gasteiger partial charge in [0, 0.05) is 39.3 Å². The van der Waals surface area contributed by atoms with Crippen molar-refractivity contribution in [3.05, 3.63) is 59.2 Å². The number of anilines is 1. The van der Waals surface area contributed by atoms with Gasteiger partial charge < -0.3 is 24.8 Å². The van der Waals surface area contributed by atoms with Gasteiger partial charge in [0.2, 0.25) is 5.91 Å². The largest absolute Gasteiger partial charge is 0.491 e. The van der Waals surface area contributed by atoms with E-state index in [0.29, 0.717) is 38.2 Å². The minimum Gasteiger partial charge on any atom is -0.491 e. The zero-order valence-corrected chi connectivity index (χ0v) is 20.0. The molecule has 2 aliphatic rings. The molecule has 180 valence electrons. The molecule has 8 heteroatoms. The molecule has 0 radical (unpaired) electrons. The Labute approximate surface area is 200 Å². The van der Waals surface area contributed by atoms with Crippen LogP contribution in [0.2, 0.25) is 0 Å². The first kappa shape index (κ1) is 23.6. The number of carbonyl (C=O) groups excluding carboxylic acids is 3. The fourth-order valence-electron chi connectivity index (χ4n) is 4.56. The number of likely N-dealkylation sites (tertiary alicyclic amines) is 1. The summed E-state index contributed by atoms with van der Waals surface area (Å²) in [6.45, 7) is 4.01. The predicted octanol–water partition coefficient (Wildman–Crippen LogP) is 3.19. The normalized spacial score (nSPS) is 17.4. The molecule has 1 atom stereocenters. The molecule has 2 aromatic rings. The minimum absolute atomic E-state index is 0.0489. The first-order valence-electron chi connectivity index (χ1n) is 11.8. The zero-order chi connectivity index (χ0) is 24.2. The number of fused-ring (bicyclic) bond motifs is 1. The molecule has 0 aliphatic carbocycles. The number of amides is 4. The van der Waals surface area contributed by atoms with Gasteiger partial charge in [-0.2, -0.15) is 0 Å². The lowest BCUT2D eigenvalue weighted by Crippen LogP contribution is -2.49. The Kier molecular flexibility index (Phi) is 7.05. The maximum absolute atomic E-state index is 13.3. The molecule has 0 bridgehead atoms. The van der Waals surface area contributed by atoms with Gasteiger partial charge in [-0.15, -0.1) is 0 Å². The van der Waals surface area contributed by atoms with E-state index in [-0.39, 0.29) is 17.8 Å². The van der Waals surface area contributed by atoms with E-state index in [1.54, 1.807) is 30.0 Å². The quantitative estimate of drug-likeness (QED) is 0.754. The maximum atomic E-state index is 13.3. The van der Waals surface area contributed by atoms with Gasteiger partial charge in [0.15, 0.2) is 0 Å². The number of likely N-dealkylation sites (N-methyl/N-ethyl adjacent to an activating group) is 1. The second-order valence-corrected chi connectivity index (χ2v) is 9.01. The summed E-state index contributed by atoms with van der Waals surface area (Å²) in [7, 11) is 3.42. The average Bonchev–Trinajstić information content (AvgIpc) is 3.22. The highest BCUT2D eigenvalue weighted by Crippen LogP contribution is 2.31. The van der Waals surface area contributed by atoms with E-state index in [1.807, 2.05) is 43.3 Å². The molecule has 1 saturated heterocycles. The molecule has 34 heavy (non-hydrogen) atoms. The van der Waals surface area contributed by atoms with Crippen molar-refractivity contribution < 1.29 is 19.1 Å². The van der Waals surface area contributed by atoms with E-state index in [1.165, 1.54) is 4.90 Å². The van der Waals surface area contributed by atoms with E-state index in [4.69, 9.17) is 4.74 Å². The van der Waals surface area contributed by atoms with E-state index in [9.17, 15) is 14.4 Å². The third-order valence-corrected chi connectivity index (χ3v) is 6.44. The zero-order valence-electron chi connectivity index (χ0n) is 20.0. The smallest absolute Gasteiger partial charge is 0.318 e. The van der Waals surface area contributed by atoms with Crippen molar-refractivity contribution in [3.8, 4) is 5.75 Å². The van der Waals surface area contributed by atoms with Gasteiger partial charge >= 0.3 is 6.03 Å². The van der Waals surface area contributed by atoms with Crippen molar-refractivity contribution in [3.63, 3.8) is 0 Å². The number of hydrogen-bond acceptors (Lipinski definition) is 4. The molecule has 0 spiro atoms. The van der Waals surface area contributed by atoms with Gasteiger partial charge in [0.1, 0.15) is 11.8 Å². The molecule has 0 aromatic heterocycles. The fourth-order valence-corrected chi connectivity index (χ4v) is 4.56. The lowest BCUT2D eigenvalue weighted by Gasteiger charge is -2.26. The lowest BCUT2D eigenvalue weighted by molar-refractivity contribution is -0.132. The summed E-state index contributed by atoms with van der Waals surface area (Å²) in [6.07, 6.45) is 2.26. The third kappa shape index (κ3) is 4.85. The number of ether oxygens (including phenoxy) is 1. The van der Waals surface area contributed by atoms with Crippen molar-refractivity contribution in [1.82, 2.24) is 15.1 Å². The van der Waals surface area contributed by atoms with E-state index < -0.39 is 6.04 Å². The summed E-state index contributed by atoms with van der Waals surface area (Å²) in [4.78, 5) is 43.4. The highest BCUT2D eigenvalue weighted by molar-refractivity contribution is 6.07. The third-order valence-electron chi connectivity index (χ3n) is 6.44. The van der Waals surface area contributed by atoms with Gasteiger partial charge in [0.05, 0.1) is 12.3 Å². The number of hydrogen-bond donors (Lipinski definition) is 1. The van der Waals surface area contributed by atoms with Gasteiger partial charge in [-0.05, 0) is 61.6 Å². The molecule has 1 N–H and O–H groups in total. The second-order valence-electron chi connectivity index (χ2n) is 9.01. The van der Waals surface area contributed by atoms with Crippen molar-refractivity contribution in [2.75, 3.05) is 38.7 Å². The molecule has 2 heterocycles. The van der Waals surface area contributed by atoms with Crippen LogP contribution in [-0.4, -0.2) is 67.5 Å². The van der Waals surface area contributed by atoms with Crippen molar-refractivity contribution >= 4 is 23.5 Å². The van der Waals surface area contributed by atoms with Gasteiger partial charge in [-0.1, -0.05) is 18.2 Å². The van der Waals surface area contributed by atoms with E-state index in [0.717, 1.165) is 35.4 Å². The number of benzene rings is 2. The molecule has 2 aliphatic heterocycles. The Morgan fingerprint density at radius 2 is 1.88 bits per heavy atom. The molecular weight excluding hydrogens is 432 g/mol. The Hall–Kier alpha value is -3.55. The van der Waals surface area contributed by atoms with Crippen molar-refractivity contribution in [2.45, 2.75) is 38.8 Å². The summed E-state index contributed by atoms with van der Waals surface area (Å²) in [5.41, 5.74) is 3.24. The lowest BCUT2D eigenvalue weighted by atomic mass is 10.0. The predicted molar refractivity (Wildman–Crippen MR) is 130 cm³/mol. The van der Waals surface area contributed by atoms with Crippen LogP contribution in [0, 0.1) is 6.92 Å². The monoisotopic (exact) mass is 464 g/mol. The standard InChI is InChI=1S/C26H32N4O4/c1-18-16-19(24(31)29-14-7-15-34-23-10-5-4-8-21(23)29)11-12-20(18)17-27-26(33)30-13-6-9-22(30)25(32)28(2)3/h4-5,8,10-12,16,22H,6-7,9,13-15,17H2,1-3H3,(H,27,33)/t22-/m0/s1. The van der Waals surface area contributed by atoms with Crippen LogP contribution in [-0.2, 0) is 11.3 Å². The van der Waals surface area contributed by atoms with Crippen LogP contribution in [0.5, 0.6) is 5.75 Å². The molecule has 0 unspecified atom stereocenters. The molecule has 2 aromatic carbocycles. The summed E-state index contributed by atoms with van der Waals surface area (Å²) < 4.78 is 5.78. The minimum atomic E-state index is -0.406. The van der Waals surface area contributed by atoms with Crippen LogP contribution < -0.4 is 15.0 Å². The van der Waals surface area contributed by atoms with Crippen molar-refractivity contribution in [2.24, 2.45) is 0 Å². The van der Waals surface area contributed by atoms with Gasteiger partial charge in [0.25, 0.3) is 5.91 Å². The fraction of sp³-hybridized carbons (Fsp3) is 0.423. The molecule has 8 nitrogen and oxygen atoms in total. The van der Waals surface area contributed by atoms with Crippen LogP contribution in [0.3, 0.4) is 0 Å². The number of urea groups is 1. The number of rotatable bonds is 4. The van der Waals surface area contributed by atoms with E-state index in [2.05, 4.69) is 5.32 Å². The first-order chi connectivity index (χ1) is 16.4. The highest BCUT2D eigenvalue weighted by atomic mass is 16.5. The number of carbonyl (C=O) groups is 3. The Balaban J connectivity index is 1.43. The maximum Gasteiger partial charge on any atom is 0.318 e. The summed E-state index contributed by atoms with van der Waals surface area (Å²) in [5.74, 6) is 0.600. The summed E-state index contributed by atoms with van der Waals surface area (Å²) >= 11 is 0. The number of nitrogens with one attached hydrogen (secondary N) is 1. The average molecular weight is 465 g/mol. The molecule has 4 amide bonds. The van der Waals surface area contributed by atoms with Crippen LogP contribution >= 0.6 is 0 Å². The van der Waals surface area contributed by atoms with Crippen molar-refractivity contribution in [1.29, 1.82) is 0 Å². The summed E-state index contributed by atoms with van der Waals surface area (Å²) in [6, 6.07) is 12.5. The van der Waals surface area contributed by atoms with Gasteiger partial charge in [-0.25, -0.2) is 4.79 Å². The van der Waals surface area contributed by atoms with Crippen LogP contribution in [0.4, 0.5) is 10.5 Å². The first-order valence-corrected chi connectivity index (χ1v) is 11.8. The molecule has 0 saturated carbocycles. The van der Waals surface area contributed by atoms with Crippen LogP contribution in [0.15, 0.2) is 42.5 Å². The molecular formula is C26H32N4O4. The van der Waals surface area contributed by atoms with Crippen LogP contribution in [0.25, 0.3) is 0 Å². The second kappa shape index (κ2) is 10.2. The number of nitrogens with zero attached hydrogens (tertiary/aromatic N) is 3. The van der Waals surface area contributed by atoms with Gasteiger partial charge in [-0.3, -0.25) is 9.59 Å². The Morgan fingerprint density at radius 3 is 2.65 bits per heavy atom. The summed E-state index contributed by atoms with van der Waals surface area (Å²) in [5, 5.41) is 2.94. The highest BCUT2D eigenvalue weighted by Gasteiger charge is 2.34. The Morgan fingerprint density at radius 1 is 1.09 bits per heavy atom. The SMILES string of the molecule is Cc1cc(C(=O)N2CCCOc3ccccc32)ccc1CNC(=O)N1CCC[C@H]1C(=O)N(C)C. The number of aryl methyl sites for hydroxylation is 1. The van der Waals surface area contributed by atoms with Crippen LogP contribution in [0.1, 0.15) is 40.7 Å². The molecule has 1 fully saturated rings.